The first-order valence-corrected chi connectivity index (χ1v) is 7.26. The molecule has 1 saturated heterocycles. The summed E-state index contributed by atoms with van der Waals surface area (Å²) in [5.41, 5.74) is 1.21. The number of carbonyl (C=O) groups is 2. The van der Waals surface area contributed by atoms with Crippen LogP contribution in [0.25, 0.3) is 0 Å². The average molecular weight is 291 g/mol. The maximum Gasteiger partial charge on any atom is 0.307 e. The number of rotatable bonds is 5. The van der Waals surface area contributed by atoms with Gasteiger partial charge in [0.15, 0.2) is 0 Å². The Morgan fingerprint density at radius 3 is 2.67 bits per heavy atom. The highest BCUT2D eigenvalue weighted by Crippen LogP contribution is 2.25. The molecule has 1 fully saturated rings. The minimum atomic E-state index is -0.908. The number of hydrogen-bond donors (Lipinski definition) is 2. The van der Waals surface area contributed by atoms with Gasteiger partial charge in [-0.05, 0) is 30.4 Å². The first-order valence-electron chi connectivity index (χ1n) is 7.26. The van der Waals surface area contributed by atoms with Gasteiger partial charge in [0, 0.05) is 24.8 Å². The molecule has 1 aliphatic rings. The SMILES string of the molecule is C[C@H](C(=O)Nc1ccccc1CC(=O)O)C1CCOCC1. The highest BCUT2D eigenvalue weighted by atomic mass is 16.5. The van der Waals surface area contributed by atoms with Crippen LogP contribution in [0.2, 0.25) is 0 Å². The Morgan fingerprint density at radius 2 is 2.00 bits per heavy atom. The number of amides is 1. The van der Waals surface area contributed by atoms with Crippen molar-refractivity contribution in [1.82, 2.24) is 0 Å². The third-order valence-corrected chi connectivity index (χ3v) is 4.00. The molecule has 5 heteroatoms. The molecule has 1 atom stereocenters. The molecule has 21 heavy (non-hydrogen) atoms. The molecule has 0 aromatic heterocycles. The summed E-state index contributed by atoms with van der Waals surface area (Å²) in [6, 6.07) is 7.03. The summed E-state index contributed by atoms with van der Waals surface area (Å²) in [5.74, 6) is -0.744. The molecular weight excluding hydrogens is 270 g/mol. The monoisotopic (exact) mass is 291 g/mol. The van der Waals surface area contributed by atoms with Crippen molar-refractivity contribution in [2.75, 3.05) is 18.5 Å². The largest absolute Gasteiger partial charge is 0.481 e. The molecule has 2 rings (SSSR count). The zero-order chi connectivity index (χ0) is 15.2. The van der Waals surface area contributed by atoms with Crippen LogP contribution in [-0.4, -0.2) is 30.2 Å². The molecule has 114 valence electrons. The number of benzene rings is 1. The summed E-state index contributed by atoms with van der Waals surface area (Å²) in [5, 5.41) is 11.8. The predicted octanol–water partition coefficient (Wildman–Crippen LogP) is 2.31. The summed E-state index contributed by atoms with van der Waals surface area (Å²) < 4.78 is 5.31. The smallest absolute Gasteiger partial charge is 0.307 e. The van der Waals surface area contributed by atoms with Crippen LogP contribution in [0.4, 0.5) is 5.69 Å². The van der Waals surface area contributed by atoms with E-state index in [2.05, 4.69) is 5.32 Å². The normalized spacial score (nSPS) is 17.2. The molecule has 0 radical (unpaired) electrons. The van der Waals surface area contributed by atoms with Gasteiger partial charge < -0.3 is 15.2 Å². The second-order valence-corrected chi connectivity index (χ2v) is 5.46. The van der Waals surface area contributed by atoms with Gasteiger partial charge in [-0.25, -0.2) is 0 Å². The molecule has 1 heterocycles. The maximum atomic E-state index is 12.4. The second-order valence-electron chi connectivity index (χ2n) is 5.46. The Labute approximate surface area is 124 Å². The minimum Gasteiger partial charge on any atom is -0.481 e. The van der Waals surface area contributed by atoms with Crippen LogP contribution in [-0.2, 0) is 20.7 Å². The number of hydrogen-bond acceptors (Lipinski definition) is 3. The van der Waals surface area contributed by atoms with Crippen molar-refractivity contribution in [1.29, 1.82) is 0 Å². The van der Waals surface area contributed by atoms with Gasteiger partial charge >= 0.3 is 5.97 Å². The fourth-order valence-electron chi connectivity index (χ4n) is 2.64. The van der Waals surface area contributed by atoms with Crippen molar-refractivity contribution < 1.29 is 19.4 Å². The summed E-state index contributed by atoms with van der Waals surface area (Å²) in [6.45, 7) is 3.33. The van der Waals surface area contributed by atoms with Crippen LogP contribution in [0, 0.1) is 11.8 Å². The van der Waals surface area contributed by atoms with Crippen LogP contribution < -0.4 is 5.32 Å². The number of aliphatic carboxylic acids is 1. The second kappa shape index (κ2) is 7.22. The van der Waals surface area contributed by atoms with E-state index in [9.17, 15) is 9.59 Å². The number of carboxylic acid groups (broad SMARTS) is 1. The van der Waals surface area contributed by atoms with E-state index in [1.54, 1.807) is 24.3 Å². The van der Waals surface area contributed by atoms with Gasteiger partial charge in [-0.15, -0.1) is 0 Å². The Balaban J connectivity index is 2.03. The standard InChI is InChI=1S/C16H21NO4/c1-11(12-6-8-21-9-7-12)16(20)17-14-5-3-2-4-13(14)10-15(18)19/h2-5,11-12H,6-10H2,1H3,(H,17,20)(H,18,19)/t11-/m0/s1. The van der Waals surface area contributed by atoms with Gasteiger partial charge in [0.05, 0.1) is 6.42 Å². The van der Waals surface area contributed by atoms with E-state index < -0.39 is 5.97 Å². The van der Waals surface area contributed by atoms with Gasteiger partial charge in [0.1, 0.15) is 0 Å². The lowest BCUT2D eigenvalue weighted by Crippen LogP contribution is -2.31. The van der Waals surface area contributed by atoms with E-state index in [0.29, 0.717) is 30.4 Å². The van der Waals surface area contributed by atoms with Crippen molar-refractivity contribution in [3.8, 4) is 0 Å². The van der Waals surface area contributed by atoms with E-state index in [1.807, 2.05) is 6.92 Å². The van der Waals surface area contributed by atoms with E-state index in [4.69, 9.17) is 9.84 Å². The molecule has 1 aliphatic heterocycles. The van der Waals surface area contributed by atoms with Crippen LogP contribution in [0.3, 0.4) is 0 Å². The number of carbonyl (C=O) groups excluding carboxylic acids is 1. The van der Waals surface area contributed by atoms with E-state index >= 15 is 0 Å². The lowest BCUT2D eigenvalue weighted by molar-refractivity contribution is -0.136. The lowest BCUT2D eigenvalue weighted by atomic mass is 9.86. The minimum absolute atomic E-state index is 0.0558. The third kappa shape index (κ3) is 4.29. The van der Waals surface area contributed by atoms with Gasteiger partial charge in [-0.3, -0.25) is 9.59 Å². The first-order chi connectivity index (χ1) is 10.1. The molecule has 1 amide bonds. The molecule has 0 unspecified atom stereocenters. The molecule has 0 saturated carbocycles. The summed E-state index contributed by atoms with van der Waals surface area (Å²) >= 11 is 0. The fraction of sp³-hybridized carbons (Fsp3) is 0.500. The molecular formula is C16H21NO4. The number of para-hydroxylation sites is 1. The average Bonchev–Trinajstić information content (AvgIpc) is 2.49. The number of anilines is 1. The van der Waals surface area contributed by atoms with Crippen molar-refractivity contribution in [3.63, 3.8) is 0 Å². The molecule has 0 bridgehead atoms. The molecule has 1 aromatic carbocycles. The molecule has 1 aromatic rings. The summed E-state index contributed by atoms with van der Waals surface area (Å²) in [6.07, 6.45) is 1.69. The van der Waals surface area contributed by atoms with Crippen molar-refractivity contribution in [2.24, 2.45) is 11.8 Å². The highest BCUT2D eigenvalue weighted by Gasteiger charge is 2.26. The summed E-state index contributed by atoms with van der Waals surface area (Å²) in [7, 11) is 0. The van der Waals surface area contributed by atoms with Crippen molar-refractivity contribution >= 4 is 17.6 Å². The zero-order valence-electron chi connectivity index (χ0n) is 12.2. The maximum absolute atomic E-state index is 12.4. The van der Waals surface area contributed by atoms with Crippen LogP contribution in [0.1, 0.15) is 25.3 Å². The van der Waals surface area contributed by atoms with Crippen molar-refractivity contribution in [2.45, 2.75) is 26.2 Å². The first kappa shape index (κ1) is 15.5. The topological polar surface area (TPSA) is 75.6 Å². The van der Waals surface area contributed by atoms with E-state index in [0.717, 1.165) is 12.8 Å². The van der Waals surface area contributed by atoms with Gasteiger partial charge in [0.25, 0.3) is 0 Å². The molecule has 0 aliphatic carbocycles. The number of nitrogens with one attached hydrogen (secondary N) is 1. The molecule has 0 spiro atoms. The number of carboxylic acids is 1. The predicted molar refractivity (Wildman–Crippen MR) is 79.1 cm³/mol. The zero-order valence-corrected chi connectivity index (χ0v) is 12.2. The Morgan fingerprint density at radius 1 is 1.33 bits per heavy atom. The molecule has 2 N–H and O–H groups in total. The van der Waals surface area contributed by atoms with Crippen molar-refractivity contribution in [3.05, 3.63) is 29.8 Å². The Hall–Kier alpha value is -1.88. The van der Waals surface area contributed by atoms with E-state index in [1.165, 1.54) is 0 Å². The van der Waals surface area contributed by atoms with Crippen LogP contribution >= 0.6 is 0 Å². The molecule has 5 nitrogen and oxygen atoms in total. The summed E-state index contributed by atoms with van der Waals surface area (Å²) in [4.78, 5) is 23.2. The lowest BCUT2D eigenvalue weighted by Gasteiger charge is -2.27. The fourth-order valence-corrected chi connectivity index (χ4v) is 2.64. The Kier molecular flexibility index (Phi) is 5.33. The third-order valence-electron chi connectivity index (χ3n) is 4.00. The van der Waals surface area contributed by atoms with E-state index in [-0.39, 0.29) is 18.2 Å². The van der Waals surface area contributed by atoms with Crippen LogP contribution in [0.15, 0.2) is 24.3 Å². The quantitative estimate of drug-likeness (QED) is 0.873. The van der Waals surface area contributed by atoms with Gasteiger partial charge in [0.2, 0.25) is 5.91 Å². The van der Waals surface area contributed by atoms with Gasteiger partial charge in [-0.1, -0.05) is 25.1 Å². The van der Waals surface area contributed by atoms with Gasteiger partial charge in [-0.2, -0.15) is 0 Å². The highest BCUT2D eigenvalue weighted by molar-refractivity contribution is 5.93. The van der Waals surface area contributed by atoms with Crippen LogP contribution in [0.5, 0.6) is 0 Å². The Bertz CT molecular complexity index is 509. The number of ether oxygens (including phenoxy) is 1.